The highest BCUT2D eigenvalue weighted by atomic mass is 35.5. The van der Waals surface area contributed by atoms with E-state index in [1.807, 2.05) is 6.92 Å². The molecule has 1 saturated heterocycles. The summed E-state index contributed by atoms with van der Waals surface area (Å²) in [5.74, 6) is 0.791. The van der Waals surface area contributed by atoms with Gasteiger partial charge in [-0.3, -0.25) is 4.79 Å². The highest BCUT2D eigenvalue weighted by molar-refractivity contribution is 6.33. The van der Waals surface area contributed by atoms with E-state index in [0.29, 0.717) is 23.3 Å². The fourth-order valence-electron chi connectivity index (χ4n) is 2.57. The summed E-state index contributed by atoms with van der Waals surface area (Å²) in [7, 11) is 0. The van der Waals surface area contributed by atoms with Gasteiger partial charge in [0.15, 0.2) is 0 Å². The topological polar surface area (TPSA) is 63.2 Å². The summed E-state index contributed by atoms with van der Waals surface area (Å²) in [4.78, 5) is 16.5. The first-order valence-corrected chi connectivity index (χ1v) is 7.83. The molecule has 0 saturated carbocycles. The lowest BCUT2D eigenvalue weighted by Gasteiger charge is -2.17. The molecule has 1 amide bonds. The Bertz CT molecular complexity index is 496. The van der Waals surface area contributed by atoms with Gasteiger partial charge in [0.1, 0.15) is 11.5 Å². The summed E-state index contributed by atoms with van der Waals surface area (Å²) < 4.78 is 5.62. The summed E-state index contributed by atoms with van der Waals surface area (Å²) >= 11 is 6.07. The van der Waals surface area contributed by atoms with Gasteiger partial charge < -0.3 is 15.4 Å². The quantitative estimate of drug-likeness (QED) is 0.848. The molecule has 5 nitrogen and oxygen atoms in total. The molecule has 6 heteroatoms. The summed E-state index contributed by atoms with van der Waals surface area (Å²) in [5.41, 5.74) is 0.266. The largest absolute Gasteiger partial charge is 0.378 e. The Morgan fingerprint density at radius 2 is 2.29 bits per heavy atom. The monoisotopic (exact) mass is 311 g/mol. The van der Waals surface area contributed by atoms with Crippen LogP contribution in [0.3, 0.4) is 0 Å². The van der Waals surface area contributed by atoms with Gasteiger partial charge in [0.2, 0.25) is 0 Å². The van der Waals surface area contributed by atoms with E-state index in [4.69, 9.17) is 16.3 Å². The predicted octanol–water partition coefficient (Wildman–Crippen LogP) is 2.71. The number of anilines is 1. The van der Waals surface area contributed by atoms with Gasteiger partial charge in [0, 0.05) is 25.6 Å². The molecule has 2 rings (SSSR count). The number of halogens is 1. The van der Waals surface area contributed by atoms with Gasteiger partial charge in [0.25, 0.3) is 5.91 Å². The summed E-state index contributed by atoms with van der Waals surface area (Å²) in [6.07, 6.45) is 2.19. The first-order valence-electron chi connectivity index (χ1n) is 7.45. The average molecular weight is 312 g/mol. The van der Waals surface area contributed by atoms with Crippen LogP contribution >= 0.6 is 11.6 Å². The van der Waals surface area contributed by atoms with Crippen molar-refractivity contribution in [2.45, 2.75) is 32.8 Å². The van der Waals surface area contributed by atoms with Gasteiger partial charge in [-0.05, 0) is 31.9 Å². The first kappa shape index (κ1) is 16.0. The van der Waals surface area contributed by atoms with Crippen molar-refractivity contribution in [1.29, 1.82) is 0 Å². The van der Waals surface area contributed by atoms with Gasteiger partial charge >= 0.3 is 0 Å². The van der Waals surface area contributed by atoms with Crippen LogP contribution in [0.4, 0.5) is 5.82 Å². The molecule has 0 spiro atoms. The van der Waals surface area contributed by atoms with E-state index in [1.54, 1.807) is 12.1 Å². The molecule has 1 fully saturated rings. The zero-order valence-electron chi connectivity index (χ0n) is 12.5. The molecule has 21 heavy (non-hydrogen) atoms. The van der Waals surface area contributed by atoms with Gasteiger partial charge in [-0.2, -0.15) is 0 Å². The van der Waals surface area contributed by atoms with E-state index in [1.165, 1.54) is 0 Å². The number of hydrogen-bond donors (Lipinski definition) is 2. The standard InChI is InChI=1S/C15H22ClN3O2/c1-3-12-10(7-8-21-12)9-18-15(20)14-11(16)5-6-13(19-14)17-4-2/h5-6,10,12H,3-4,7-9H2,1-2H3,(H,17,19)(H,18,20). The van der Waals surface area contributed by atoms with E-state index in [2.05, 4.69) is 22.5 Å². The molecule has 116 valence electrons. The molecule has 0 aromatic carbocycles. The first-order chi connectivity index (χ1) is 10.2. The van der Waals surface area contributed by atoms with E-state index in [9.17, 15) is 4.79 Å². The van der Waals surface area contributed by atoms with E-state index in [-0.39, 0.29) is 17.7 Å². The van der Waals surface area contributed by atoms with Gasteiger partial charge in [-0.25, -0.2) is 4.98 Å². The summed E-state index contributed by atoms with van der Waals surface area (Å²) in [6.45, 7) is 6.19. The molecule has 1 aromatic rings. The van der Waals surface area contributed by atoms with Crippen LogP contribution in [-0.2, 0) is 4.74 Å². The number of aromatic nitrogens is 1. The Kier molecular flexibility index (Phi) is 5.82. The van der Waals surface area contributed by atoms with E-state index in [0.717, 1.165) is 26.0 Å². The minimum Gasteiger partial charge on any atom is -0.378 e. The minimum atomic E-state index is -0.235. The van der Waals surface area contributed by atoms with Crippen molar-refractivity contribution in [3.05, 3.63) is 22.8 Å². The Morgan fingerprint density at radius 1 is 1.48 bits per heavy atom. The third-order valence-corrected chi connectivity index (χ3v) is 4.00. The lowest BCUT2D eigenvalue weighted by molar-refractivity contribution is 0.0825. The van der Waals surface area contributed by atoms with Crippen molar-refractivity contribution in [2.75, 3.05) is 25.0 Å². The molecule has 1 aliphatic rings. The lowest BCUT2D eigenvalue weighted by atomic mass is 10.00. The number of nitrogens with zero attached hydrogens (tertiary/aromatic N) is 1. The van der Waals surface area contributed by atoms with Gasteiger partial charge in [0.05, 0.1) is 11.1 Å². The third kappa shape index (κ3) is 4.08. The molecule has 0 aliphatic carbocycles. The van der Waals surface area contributed by atoms with Crippen molar-refractivity contribution >= 4 is 23.3 Å². The molecule has 2 N–H and O–H groups in total. The Morgan fingerprint density at radius 3 is 3.00 bits per heavy atom. The molecule has 2 unspecified atom stereocenters. The van der Waals surface area contributed by atoms with Crippen LogP contribution in [-0.4, -0.2) is 36.7 Å². The Balaban J connectivity index is 1.98. The highest BCUT2D eigenvalue weighted by Gasteiger charge is 2.27. The second-order valence-electron chi connectivity index (χ2n) is 5.13. The number of rotatable bonds is 6. The molecular formula is C15H22ClN3O2. The number of pyridine rings is 1. The smallest absolute Gasteiger partial charge is 0.271 e. The number of ether oxygens (including phenoxy) is 1. The maximum Gasteiger partial charge on any atom is 0.271 e. The summed E-state index contributed by atoms with van der Waals surface area (Å²) in [6, 6.07) is 3.45. The van der Waals surface area contributed by atoms with Crippen molar-refractivity contribution in [1.82, 2.24) is 10.3 Å². The van der Waals surface area contributed by atoms with Crippen molar-refractivity contribution in [3.63, 3.8) is 0 Å². The maximum absolute atomic E-state index is 12.2. The predicted molar refractivity (Wildman–Crippen MR) is 83.9 cm³/mol. The molecule has 0 radical (unpaired) electrons. The highest BCUT2D eigenvalue weighted by Crippen LogP contribution is 2.23. The number of nitrogens with one attached hydrogen (secondary N) is 2. The number of hydrogen-bond acceptors (Lipinski definition) is 4. The van der Waals surface area contributed by atoms with Gasteiger partial charge in [-0.1, -0.05) is 18.5 Å². The fourth-order valence-corrected chi connectivity index (χ4v) is 2.76. The summed E-state index contributed by atoms with van der Waals surface area (Å²) in [5, 5.41) is 6.36. The molecule has 2 atom stereocenters. The molecular weight excluding hydrogens is 290 g/mol. The number of amides is 1. The number of carbonyl (C=O) groups is 1. The average Bonchev–Trinajstić information content (AvgIpc) is 2.94. The third-order valence-electron chi connectivity index (χ3n) is 3.69. The van der Waals surface area contributed by atoms with Crippen molar-refractivity contribution in [3.8, 4) is 0 Å². The van der Waals surface area contributed by atoms with Crippen LogP contribution in [0.15, 0.2) is 12.1 Å². The van der Waals surface area contributed by atoms with Crippen LogP contribution in [0, 0.1) is 5.92 Å². The Labute approximate surface area is 130 Å². The Hall–Kier alpha value is -1.33. The molecule has 1 aliphatic heterocycles. The second kappa shape index (κ2) is 7.61. The lowest BCUT2D eigenvalue weighted by Crippen LogP contribution is -2.33. The van der Waals surface area contributed by atoms with Crippen LogP contribution in [0.1, 0.15) is 37.2 Å². The molecule has 0 bridgehead atoms. The van der Waals surface area contributed by atoms with Crippen LogP contribution in [0.5, 0.6) is 0 Å². The van der Waals surface area contributed by atoms with Crippen molar-refractivity contribution < 1.29 is 9.53 Å². The maximum atomic E-state index is 12.2. The zero-order valence-corrected chi connectivity index (χ0v) is 13.2. The zero-order chi connectivity index (χ0) is 15.2. The fraction of sp³-hybridized carbons (Fsp3) is 0.600. The number of carbonyl (C=O) groups excluding carboxylic acids is 1. The minimum absolute atomic E-state index is 0.235. The van der Waals surface area contributed by atoms with Crippen LogP contribution in [0.25, 0.3) is 0 Å². The second-order valence-corrected chi connectivity index (χ2v) is 5.54. The molecule has 1 aromatic heterocycles. The molecule has 2 heterocycles. The van der Waals surface area contributed by atoms with Crippen LogP contribution in [0.2, 0.25) is 5.02 Å². The van der Waals surface area contributed by atoms with E-state index < -0.39 is 0 Å². The SMILES string of the molecule is CCNc1ccc(Cl)c(C(=O)NCC2CCOC2CC)n1. The normalized spacial score (nSPS) is 21.3. The van der Waals surface area contributed by atoms with Crippen molar-refractivity contribution in [2.24, 2.45) is 5.92 Å². The van der Waals surface area contributed by atoms with Gasteiger partial charge in [-0.15, -0.1) is 0 Å². The van der Waals surface area contributed by atoms with Crippen LogP contribution < -0.4 is 10.6 Å². The van der Waals surface area contributed by atoms with E-state index >= 15 is 0 Å².